The molecule has 1 aliphatic carbocycles. The number of hydrogen-bond acceptors (Lipinski definition) is 4. The van der Waals surface area contributed by atoms with Crippen molar-refractivity contribution in [3.63, 3.8) is 0 Å². The van der Waals surface area contributed by atoms with Gasteiger partial charge >= 0.3 is 0 Å². The number of methoxy groups -OCH3 is 1. The third-order valence-corrected chi connectivity index (χ3v) is 4.62. The van der Waals surface area contributed by atoms with Gasteiger partial charge in [-0.15, -0.1) is 0 Å². The molecule has 1 aromatic carbocycles. The van der Waals surface area contributed by atoms with Gasteiger partial charge in [0.25, 0.3) is 5.91 Å². The van der Waals surface area contributed by atoms with Gasteiger partial charge in [0.15, 0.2) is 0 Å². The minimum absolute atomic E-state index is 0.161. The number of hydrogen-bond donors (Lipinski definition) is 2. The Kier molecular flexibility index (Phi) is 6.01. The molecular formula is C20H25N3O2. The maximum absolute atomic E-state index is 12.3. The molecule has 2 aromatic rings. The van der Waals surface area contributed by atoms with Crippen LogP contribution in [0.3, 0.4) is 0 Å². The molecule has 1 fully saturated rings. The summed E-state index contributed by atoms with van der Waals surface area (Å²) in [4.78, 5) is 16.5. The molecule has 2 atom stereocenters. The van der Waals surface area contributed by atoms with Crippen molar-refractivity contribution in [3.8, 4) is 0 Å². The lowest BCUT2D eigenvalue weighted by Crippen LogP contribution is -2.31. The van der Waals surface area contributed by atoms with Gasteiger partial charge in [0.05, 0.1) is 6.10 Å². The average Bonchev–Trinajstić information content (AvgIpc) is 2.67. The van der Waals surface area contributed by atoms with Gasteiger partial charge < -0.3 is 15.4 Å². The number of aromatic nitrogens is 1. The maximum Gasteiger partial charge on any atom is 0.270 e. The summed E-state index contributed by atoms with van der Waals surface area (Å²) in [5.41, 5.74) is 2.43. The minimum atomic E-state index is -0.161. The molecule has 25 heavy (non-hydrogen) atoms. The van der Waals surface area contributed by atoms with Crippen LogP contribution >= 0.6 is 0 Å². The van der Waals surface area contributed by atoms with Crippen molar-refractivity contribution in [1.29, 1.82) is 0 Å². The summed E-state index contributed by atoms with van der Waals surface area (Å²) in [5.74, 6) is -0.161. The molecule has 0 bridgehead atoms. The summed E-state index contributed by atoms with van der Waals surface area (Å²) in [5, 5.41) is 6.43. The van der Waals surface area contributed by atoms with E-state index in [1.54, 1.807) is 13.3 Å². The van der Waals surface area contributed by atoms with E-state index in [1.807, 2.05) is 42.5 Å². The number of pyridine rings is 1. The van der Waals surface area contributed by atoms with Crippen LogP contribution in [0.5, 0.6) is 0 Å². The van der Waals surface area contributed by atoms with E-state index in [2.05, 4.69) is 15.6 Å². The number of rotatable bonds is 6. The summed E-state index contributed by atoms with van der Waals surface area (Å²) in [6, 6.07) is 14.0. The van der Waals surface area contributed by atoms with Gasteiger partial charge in [-0.05, 0) is 43.4 Å². The maximum atomic E-state index is 12.3. The first-order chi connectivity index (χ1) is 12.2. The number of amides is 1. The van der Waals surface area contributed by atoms with Crippen molar-refractivity contribution in [2.45, 2.75) is 44.4 Å². The van der Waals surface area contributed by atoms with Crippen LogP contribution in [0.1, 0.15) is 41.7 Å². The van der Waals surface area contributed by atoms with Crippen molar-refractivity contribution >= 4 is 11.6 Å². The van der Waals surface area contributed by atoms with Crippen LogP contribution in [0.25, 0.3) is 0 Å². The summed E-state index contributed by atoms with van der Waals surface area (Å²) in [7, 11) is 1.77. The first-order valence-electron chi connectivity index (χ1n) is 8.82. The fourth-order valence-electron chi connectivity index (χ4n) is 3.24. The number of carbonyl (C=O) groups is 1. The monoisotopic (exact) mass is 339 g/mol. The Balaban J connectivity index is 1.58. The average molecular weight is 339 g/mol. The fraction of sp³-hybridized carbons (Fsp3) is 0.400. The molecule has 1 aromatic heterocycles. The quantitative estimate of drug-likeness (QED) is 0.847. The molecule has 3 rings (SSSR count). The molecular weight excluding hydrogens is 314 g/mol. The first-order valence-corrected chi connectivity index (χ1v) is 8.82. The molecule has 5 heteroatoms. The van der Waals surface area contributed by atoms with E-state index in [4.69, 9.17) is 4.74 Å². The molecule has 1 saturated carbocycles. The SMILES string of the molecule is COC1CCCC(Nc2ccnc(C(=O)NCc3ccccc3)c2)C1. The second kappa shape index (κ2) is 8.62. The van der Waals surface area contributed by atoms with E-state index < -0.39 is 0 Å². The summed E-state index contributed by atoms with van der Waals surface area (Å²) in [6.07, 6.45) is 6.40. The Hall–Kier alpha value is -2.40. The summed E-state index contributed by atoms with van der Waals surface area (Å²) in [6.45, 7) is 0.497. The Morgan fingerprint density at radius 3 is 2.88 bits per heavy atom. The van der Waals surface area contributed by atoms with Gasteiger partial charge in [-0.2, -0.15) is 0 Å². The molecule has 5 nitrogen and oxygen atoms in total. The van der Waals surface area contributed by atoms with E-state index in [9.17, 15) is 4.79 Å². The van der Waals surface area contributed by atoms with Crippen LogP contribution in [-0.2, 0) is 11.3 Å². The summed E-state index contributed by atoms with van der Waals surface area (Å²) < 4.78 is 5.48. The molecule has 1 heterocycles. The molecule has 2 unspecified atom stereocenters. The van der Waals surface area contributed by atoms with Crippen LogP contribution in [0, 0.1) is 0 Å². The van der Waals surface area contributed by atoms with Crippen LogP contribution in [-0.4, -0.2) is 30.1 Å². The topological polar surface area (TPSA) is 63.2 Å². The highest BCUT2D eigenvalue weighted by Gasteiger charge is 2.21. The largest absolute Gasteiger partial charge is 0.382 e. The number of benzene rings is 1. The van der Waals surface area contributed by atoms with Crippen molar-refractivity contribution < 1.29 is 9.53 Å². The third-order valence-electron chi connectivity index (χ3n) is 4.62. The Labute approximate surface area is 148 Å². The number of nitrogens with one attached hydrogen (secondary N) is 2. The molecule has 0 saturated heterocycles. The lowest BCUT2D eigenvalue weighted by atomic mass is 9.92. The number of anilines is 1. The number of carbonyl (C=O) groups excluding carboxylic acids is 1. The highest BCUT2D eigenvalue weighted by molar-refractivity contribution is 5.93. The van der Waals surface area contributed by atoms with Gasteiger partial charge in [0.1, 0.15) is 5.69 Å². The van der Waals surface area contributed by atoms with Gasteiger partial charge in [-0.1, -0.05) is 30.3 Å². The normalized spacial score (nSPS) is 20.0. The Bertz CT molecular complexity index is 690. The summed E-state index contributed by atoms with van der Waals surface area (Å²) >= 11 is 0. The van der Waals surface area contributed by atoms with E-state index in [1.165, 1.54) is 0 Å². The highest BCUT2D eigenvalue weighted by Crippen LogP contribution is 2.24. The molecule has 0 radical (unpaired) electrons. The van der Waals surface area contributed by atoms with E-state index >= 15 is 0 Å². The second-order valence-corrected chi connectivity index (χ2v) is 6.46. The van der Waals surface area contributed by atoms with Crippen LogP contribution < -0.4 is 10.6 Å². The highest BCUT2D eigenvalue weighted by atomic mass is 16.5. The fourth-order valence-corrected chi connectivity index (χ4v) is 3.24. The van der Waals surface area contributed by atoms with Gasteiger partial charge in [0, 0.05) is 31.6 Å². The van der Waals surface area contributed by atoms with Crippen molar-refractivity contribution in [2.75, 3.05) is 12.4 Å². The molecule has 0 aliphatic heterocycles. The first kappa shape index (κ1) is 17.4. The number of ether oxygens (including phenoxy) is 1. The van der Waals surface area contributed by atoms with E-state index in [-0.39, 0.29) is 5.91 Å². The Morgan fingerprint density at radius 2 is 2.08 bits per heavy atom. The Morgan fingerprint density at radius 1 is 1.24 bits per heavy atom. The standard InChI is InChI=1S/C20H25N3O2/c1-25-18-9-5-8-16(12-18)23-17-10-11-21-19(13-17)20(24)22-14-15-6-3-2-4-7-15/h2-4,6-7,10-11,13,16,18H,5,8-9,12,14H2,1H3,(H,21,23)(H,22,24). The van der Waals surface area contributed by atoms with Crippen LogP contribution in [0.4, 0.5) is 5.69 Å². The van der Waals surface area contributed by atoms with Crippen LogP contribution in [0.2, 0.25) is 0 Å². The third kappa shape index (κ3) is 5.03. The van der Waals surface area contributed by atoms with Crippen LogP contribution in [0.15, 0.2) is 48.7 Å². The zero-order valence-electron chi connectivity index (χ0n) is 14.6. The molecule has 0 spiro atoms. The molecule has 1 amide bonds. The molecule has 1 aliphatic rings. The van der Waals surface area contributed by atoms with Crippen molar-refractivity contribution in [3.05, 3.63) is 59.9 Å². The van der Waals surface area contributed by atoms with Crippen molar-refractivity contribution in [1.82, 2.24) is 10.3 Å². The minimum Gasteiger partial charge on any atom is -0.382 e. The van der Waals surface area contributed by atoms with Gasteiger partial charge in [0.2, 0.25) is 0 Å². The smallest absolute Gasteiger partial charge is 0.270 e. The number of nitrogens with zero attached hydrogens (tertiary/aromatic N) is 1. The zero-order valence-corrected chi connectivity index (χ0v) is 14.6. The molecule has 132 valence electrons. The second-order valence-electron chi connectivity index (χ2n) is 6.46. The van der Waals surface area contributed by atoms with Crippen molar-refractivity contribution in [2.24, 2.45) is 0 Å². The van der Waals surface area contributed by atoms with Gasteiger partial charge in [-0.25, -0.2) is 0 Å². The predicted octanol–water partition coefficient (Wildman–Crippen LogP) is 3.38. The van der Waals surface area contributed by atoms with Gasteiger partial charge in [-0.3, -0.25) is 9.78 Å². The molecule has 2 N–H and O–H groups in total. The lowest BCUT2D eigenvalue weighted by Gasteiger charge is -2.29. The predicted molar refractivity (Wildman–Crippen MR) is 98.5 cm³/mol. The zero-order chi connectivity index (χ0) is 17.5. The van der Waals surface area contributed by atoms with E-state index in [0.29, 0.717) is 24.4 Å². The van der Waals surface area contributed by atoms with E-state index in [0.717, 1.165) is 36.9 Å². The lowest BCUT2D eigenvalue weighted by molar-refractivity contribution is 0.0669.